The zero-order valence-electron chi connectivity index (χ0n) is 11.9. The SMILES string of the molecule is C[C@@H](Cn1cccn1)NC(=O)Cn1ccc(=O)n(C)c1=O. The van der Waals surface area contributed by atoms with Gasteiger partial charge in [0.1, 0.15) is 6.54 Å². The smallest absolute Gasteiger partial charge is 0.331 e. The summed E-state index contributed by atoms with van der Waals surface area (Å²) in [6.45, 7) is 2.26. The minimum Gasteiger partial charge on any atom is -0.350 e. The molecule has 2 heterocycles. The molecule has 0 spiro atoms. The summed E-state index contributed by atoms with van der Waals surface area (Å²) in [6, 6.07) is 2.93. The van der Waals surface area contributed by atoms with Crippen LogP contribution in [-0.2, 0) is 24.9 Å². The molecule has 112 valence electrons. The van der Waals surface area contributed by atoms with Gasteiger partial charge in [-0.3, -0.25) is 23.4 Å². The van der Waals surface area contributed by atoms with Gasteiger partial charge in [-0.1, -0.05) is 0 Å². The lowest BCUT2D eigenvalue weighted by Crippen LogP contribution is -2.42. The standard InChI is InChI=1S/C13H17N5O3/c1-10(8-18-6-3-5-14-18)15-11(19)9-17-7-4-12(20)16(2)13(17)21/h3-7,10H,8-9H2,1-2H3,(H,15,19)/t10-/m0/s1. The molecule has 0 saturated carbocycles. The van der Waals surface area contributed by atoms with Crippen LogP contribution in [0.15, 0.2) is 40.3 Å². The molecule has 0 unspecified atom stereocenters. The molecule has 1 N–H and O–H groups in total. The zero-order chi connectivity index (χ0) is 15.4. The second kappa shape index (κ2) is 6.21. The van der Waals surface area contributed by atoms with E-state index >= 15 is 0 Å². The van der Waals surface area contributed by atoms with E-state index in [1.165, 1.54) is 23.9 Å². The average Bonchev–Trinajstić information content (AvgIpc) is 2.92. The molecule has 0 fully saturated rings. The zero-order valence-corrected chi connectivity index (χ0v) is 11.9. The first-order valence-electron chi connectivity index (χ1n) is 6.50. The highest BCUT2D eigenvalue weighted by Crippen LogP contribution is 1.91. The molecule has 21 heavy (non-hydrogen) atoms. The van der Waals surface area contributed by atoms with Crippen molar-refractivity contribution in [2.45, 2.75) is 26.1 Å². The molecule has 2 aromatic heterocycles. The summed E-state index contributed by atoms with van der Waals surface area (Å²) >= 11 is 0. The molecule has 2 rings (SSSR count). The summed E-state index contributed by atoms with van der Waals surface area (Å²) in [7, 11) is 1.37. The number of nitrogens with zero attached hydrogens (tertiary/aromatic N) is 4. The van der Waals surface area contributed by atoms with Crippen LogP contribution in [0.3, 0.4) is 0 Å². The van der Waals surface area contributed by atoms with Crippen LogP contribution in [0.2, 0.25) is 0 Å². The Bertz CT molecular complexity index is 729. The molecule has 0 bridgehead atoms. The summed E-state index contributed by atoms with van der Waals surface area (Å²) in [5.74, 6) is -0.296. The van der Waals surface area contributed by atoms with Crippen molar-refractivity contribution in [1.82, 2.24) is 24.2 Å². The van der Waals surface area contributed by atoms with Crippen LogP contribution in [0.5, 0.6) is 0 Å². The third-order valence-corrected chi connectivity index (χ3v) is 3.00. The molecule has 0 aliphatic heterocycles. The summed E-state index contributed by atoms with van der Waals surface area (Å²) < 4.78 is 3.86. The quantitative estimate of drug-likeness (QED) is 0.761. The van der Waals surface area contributed by atoms with Crippen molar-refractivity contribution >= 4 is 5.91 Å². The fourth-order valence-electron chi connectivity index (χ4n) is 1.95. The predicted octanol–water partition coefficient (Wildman–Crippen LogP) is -1.05. The van der Waals surface area contributed by atoms with Gasteiger partial charge in [0, 0.05) is 37.7 Å². The van der Waals surface area contributed by atoms with E-state index in [4.69, 9.17) is 0 Å². The van der Waals surface area contributed by atoms with Crippen LogP contribution in [0.4, 0.5) is 0 Å². The van der Waals surface area contributed by atoms with E-state index < -0.39 is 11.2 Å². The fourth-order valence-corrected chi connectivity index (χ4v) is 1.95. The monoisotopic (exact) mass is 291 g/mol. The summed E-state index contributed by atoms with van der Waals surface area (Å²) in [4.78, 5) is 35.0. The second-order valence-electron chi connectivity index (χ2n) is 4.82. The third kappa shape index (κ3) is 3.68. The molecular weight excluding hydrogens is 274 g/mol. The predicted molar refractivity (Wildman–Crippen MR) is 75.8 cm³/mol. The van der Waals surface area contributed by atoms with Crippen molar-refractivity contribution in [3.63, 3.8) is 0 Å². The number of aromatic nitrogens is 4. The first kappa shape index (κ1) is 14.8. The molecular formula is C13H17N5O3. The molecule has 0 aromatic carbocycles. The normalized spacial score (nSPS) is 12.1. The lowest BCUT2D eigenvalue weighted by molar-refractivity contribution is -0.122. The van der Waals surface area contributed by atoms with Crippen LogP contribution in [0, 0.1) is 0 Å². The third-order valence-electron chi connectivity index (χ3n) is 3.00. The fraction of sp³-hybridized carbons (Fsp3) is 0.385. The van der Waals surface area contributed by atoms with Gasteiger partial charge in [-0.15, -0.1) is 0 Å². The second-order valence-corrected chi connectivity index (χ2v) is 4.82. The van der Waals surface area contributed by atoms with Gasteiger partial charge in [0.25, 0.3) is 5.56 Å². The number of nitrogens with one attached hydrogen (secondary N) is 1. The minimum absolute atomic E-state index is 0.124. The molecule has 0 aliphatic rings. The largest absolute Gasteiger partial charge is 0.350 e. The van der Waals surface area contributed by atoms with Crippen LogP contribution in [-0.4, -0.2) is 30.9 Å². The highest BCUT2D eigenvalue weighted by molar-refractivity contribution is 5.75. The van der Waals surface area contributed by atoms with E-state index in [0.717, 1.165) is 4.57 Å². The first-order chi connectivity index (χ1) is 9.97. The molecule has 0 aliphatic carbocycles. The van der Waals surface area contributed by atoms with Crippen molar-refractivity contribution in [2.24, 2.45) is 7.05 Å². The van der Waals surface area contributed by atoms with Crippen molar-refractivity contribution < 1.29 is 4.79 Å². The first-order valence-corrected chi connectivity index (χ1v) is 6.50. The Morgan fingerprint density at radius 3 is 2.81 bits per heavy atom. The Labute approximate surface area is 120 Å². The van der Waals surface area contributed by atoms with E-state index in [1.54, 1.807) is 23.1 Å². The summed E-state index contributed by atoms with van der Waals surface area (Å²) in [5, 5.41) is 6.84. The van der Waals surface area contributed by atoms with Crippen LogP contribution in [0.25, 0.3) is 0 Å². The topological polar surface area (TPSA) is 90.9 Å². The Balaban J connectivity index is 1.97. The van der Waals surface area contributed by atoms with Gasteiger partial charge < -0.3 is 5.32 Å². The van der Waals surface area contributed by atoms with Gasteiger partial charge in [-0.25, -0.2) is 4.79 Å². The van der Waals surface area contributed by atoms with Crippen LogP contribution >= 0.6 is 0 Å². The average molecular weight is 291 g/mol. The molecule has 0 saturated heterocycles. The Kier molecular flexibility index (Phi) is 4.36. The highest BCUT2D eigenvalue weighted by Gasteiger charge is 2.10. The van der Waals surface area contributed by atoms with Crippen LogP contribution < -0.4 is 16.6 Å². The van der Waals surface area contributed by atoms with Crippen molar-refractivity contribution in [3.05, 3.63) is 51.6 Å². The highest BCUT2D eigenvalue weighted by atomic mass is 16.2. The van der Waals surface area contributed by atoms with Gasteiger partial charge >= 0.3 is 5.69 Å². The van der Waals surface area contributed by atoms with Crippen LogP contribution in [0.1, 0.15) is 6.92 Å². The van der Waals surface area contributed by atoms with E-state index in [9.17, 15) is 14.4 Å². The Morgan fingerprint density at radius 1 is 1.38 bits per heavy atom. The minimum atomic E-state index is -0.516. The van der Waals surface area contributed by atoms with E-state index in [-0.39, 0.29) is 18.5 Å². The van der Waals surface area contributed by atoms with Gasteiger partial charge in [0.2, 0.25) is 5.91 Å². The summed E-state index contributed by atoms with van der Waals surface area (Å²) in [6.07, 6.45) is 4.79. The van der Waals surface area contributed by atoms with Crippen molar-refractivity contribution in [1.29, 1.82) is 0 Å². The number of amides is 1. The number of carbonyl (C=O) groups is 1. The van der Waals surface area contributed by atoms with Crippen molar-refractivity contribution in [2.75, 3.05) is 0 Å². The van der Waals surface area contributed by atoms with Gasteiger partial charge in [-0.2, -0.15) is 5.10 Å². The maximum Gasteiger partial charge on any atom is 0.331 e. The Hall–Kier alpha value is -2.64. The maximum absolute atomic E-state index is 11.9. The van der Waals surface area contributed by atoms with E-state index in [2.05, 4.69) is 10.4 Å². The molecule has 1 atom stereocenters. The number of carbonyl (C=O) groups excluding carboxylic acids is 1. The van der Waals surface area contributed by atoms with Gasteiger partial charge in [0.05, 0.1) is 6.54 Å². The molecule has 1 amide bonds. The number of hydrogen-bond acceptors (Lipinski definition) is 4. The molecule has 2 aromatic rings. The van der Waals surface area contributed by atoms with E-state index in [1.807, 2.05) is 6.92 Å². The molecule has 0 radical (unpaired) electrons. The van der Waals surface area contributed by atoms with Gasteiger partial charge in [0.15, 0.2) is 0 Å². The number of hydrogen-bond donors (Lipinski definition) is 1. The summed E-state index contributed by atoms with van der Waals surface area (Å²) in [5.41, 5.74) is -0.916. The van der Waals surface area contributed by atoms with Gasteiger partial charge in [-0.05, 0) is 13.0 Å². The number of rotatable bonds is 5. The van der Waals surface area contributed by atoms with Crippen molar-refractivity contribution in [3.8, 4) is 0 Å². The molecule has 8 heteroatoms. The lowest BCUT2D eigenvalue weighted by Gasteiger charge is -2.14. The molecule has 8 nitrogen and oxygen atoms in total. The maximum atomic E-state index is 11.9. The van der Waals surface area contributed by atoms with E-state index in [0.29, 0.717) is 6.54 Å². The Morgan fingerprint density at radius 2 is 2.14 bits per heavy atom. The lowest BCUT2D eigenvalue weighted by atomic mass is 10.3.